The van der Waals surface area contributed by atoms with Crippen molar-refractivity contribution in [2.75, 3.05) is 27.9 Å². The van der Waals surface area contributed by atoms with Crippen LogP contribution in [0.25, 0.3) is 0 Å². The average molecular weight is 689 g/mol. The lowest BCUT2D eigenvalue weighted by Gasteiger charge is -2.46. The van der Waals surface area contributed by atoms with Gasteiger partial charge in [-0.05, 0) is 43.9 Å². The number of fused-ring (bicyclic) bond motifs is 4. The van der Waals surface area contributed by atoms with Crippen LogP contribution >= 0.6 is 0 Å². The standard InChI is InChI=1S/C38H44N2O10/c1-7-36(3,44)35(43)39-29-14-11-19-40(29)33(42)32-30(23-12-9-8-10-13-23)37(45)31-27(48-6)20-26(47-5)21-28(31)50-38(32,34(37)49-22(2)41)24-15-17-25(46-4)18-16-24/h8-10,12-13,15-18,20-21,29-30,32,34,44-45H,7,11,14,19H2,1-6H3,(H,39,43)/t29-,30+,32-,34-,36+,37+,38-/m0/s1. The van der Waals surface area contributed by atoms with Gasteiger partial charge in [0.15, 0.2) is 11.7 Å². The van der Waals surface area contributed by atoms with Gasteiger partial charge in [-0.3, -0.25) is 14.4 Å². The second-order valence-electron chi connectivity index (χ2n) is 13.3. The van der Waals surface area contributed by atoms with Crippen LogP contribution in [-0.4, -0.2) is 78.6 Å². The summed E-state index contributed by atoms with van der Waals surface area (Å²) < 4.78 is 30.1. The van der Waals surface area contributed by atoms with E-state index in [-0.39, 0.29) is 30.0 Å². The van der Waals surface area contributed by atoms with Gasteiger partial charge in [-0.15, -0.1) is 0 Å². The number of rotatable bonds is 10. The lowest BCUT2D eigenvalue weighted by atomic mass is 9.74. The van der Waals surface area contributed by atoms with Gasteiger partial charge in [0.2, 0.25) is 5.91 Å². The molecule has 0 radical (unpaired) electrons. The van der Waals surface area contributed by atoms with Gasteiger partial charge in [0, 0.05) is 37.1 Å². The molecule has 2 heterocycles. The molecule has 2 bridgehead atoms. The van der Waals surface area contributed by atoms with Gasteiger partial charge in [0.1, 0.15) is 40.4 Å². The maximum atomic E-state index is 15.5. The summed E-state index contributed by atoms with van der Waals surface area (Å²) in [4.78, 5) is 43.3. The van der Waals surface area contributed by atoms with Crippen molar-refractivity contribution in [3.05, 3.63) is 83.4 Å². The second-order valence-corrected chi connectivity index (χ2v) is 13.3. The van der Waals surface area contributed by atoms with Crippen LogP contribution in [0.5, 0.6) is 23.0 Å². The van der Waals surface area contributed by atoms with Crippen LogP contribution in [0, 0.1) is 5.92 Å². The number of benzene rings is 3. The second kappa shape index (κ2) is 13.1. The monoisotopic (exact) mass is 688 g/mol. The van der Waals surface area contributed by atoms with Gasteiger partial charge in [0.25, 0.3) is 5.91 Å². The van der Waals surface area contributed by atoms with Gasteiger partial charge < -0.3 is 44.1 Å². The van der Waals surface area contributed by atoms with Crippen molar-refractivity contribution in [2.24, 2.45) is 5.92 Å². The van der Waals surface area contributed by atoms with Crippen LogP contribution < -0.4 is 24.3 Å². The minimum atomic E-state index is -2.09. The smallest absolute Gasteiger partial charge is 0.303 e. The number of aliphatic hydroxyl groups is 2. The Balaban J connectivity index is 1.65. The normalized spacial score (nSPS) is 27.7. The van der Waals surface area contributed by atoms with Crippen molar-refractivity contribution in [1.29, 1.82) is 0 Å². The molecule has 50 heavy (non-hydrogen) atoms. The van der Waals surface area contributed by atoms with Crippen molar-refractivity contribution in [1.82, 2.24) is 10.2 Å². The topological polar surface area (TPSA) is 153 Å². The Morgan fingerprint density at radius 3 is 2.28 bits per heavy atom. The van der Waals surface area contributed by atoms with E-state index in [0.29, 0.717) is 35.5 Å². The first kappa shape index (κ1) is 35.0. The molecule has 0 unspecified atom stereocenters. The number of ether oxygens (including phenoxy) is 5. The summed E-state index contributed by atoms with van der Waals surface area (Å²) in [7, 11) is 4.47. The Labute approximate surface area is 291 Å². The van der Waals surface area contributed by atoms with Crippen molar-refractivity contribution in [3.63, 3.8) is 0 Å². The number of hydrogen-bond donors (Lipinski definition) is 3. The molecule has 2 fully saturated rings. The van der Waals surface area contributed by atoms with Crippen LogP contribution in [0.2, 0.25) is 0 Å². The highest BCUT2D eigenvalue weighted by Gasteiger charge is 2.78. The molecule has 12 heteroatoms. The van der Waals surface area contributed by atoms with Crippen molar-refractivity contribution in [3.8, 4) is 23.0 Å². The van der Waals surface area contributed by atoms with E-state index in [9.17, 15) is 19.8 Å². The molecule has 2 aliphatic heterocycles. The average Bonchev–Trinajstić information content (AvgIpc) is 3.63. The molecule has 1 aliphatic carbocycles. The third-order valence-corrected chi connectivity index (χ3v) is 10.5. The number of amides is 2. The molecule has 6 rings (SSSR count). The maximum Gasteiger partial charge on any atom is 0.303 e. The van der Waals surface area contributed by atoms with Crippen LogP contribution in [-0.2, 0) is 30.3 Å². The van der Waals surface area contributed by atoms with E-state index in [1.54, 1.807) is 48.2 Å². The summed E-state index contributed by atoms with van der Waals surface area (Å²) in [5.74, 6) is -2.73. The van der Waals surface area contributed by atoms with Gasteiger partial charge in [0.05, 0.1) is 32.8 Å². The summed E-state index contributed by atoms with van der Waals surface area (Å²) >= 11 is 0. The Morgan fingerprint density at radius 1 is 1.00 bits per heavy atom. The molecule has 12 nitrogen and oxygen atoms in total. The number of nitrogens with one attached hydrogen (secondary N) is 1. The molecule has 7 atom stereocenters. The Kier molecular flexibility index (Phi) is 9.21. The predicted octanol–water partition coefficient (Wildman–Crippen LogP) is 3.76. The van der Waals surface area contributed by atoms with Crippen molar-refractivity contribution >= 4 is 17.8 Å². The fourth-order valence-corrected chi connectivity index (χ4v) is 7.90. The van der Waals surface area contributed by atoms with E-state index in [4.69, 9.17) is 23.7 Å². The number of likely N-dealkylation sites (tertiary alicyclic amines) is 1. The zero-order valence-corrected chi connectivity index (χ0v) is 29.1. The van der Waals surface area contributed by atoms with E-state index >= 15 is 4.79 Å². The van der Waals surface area contributed by atoms with E-state index in [2.05, 4.69) is 5.32 Å². The molecule has 1 saturated carbocycles. The van der Waals surface area contributed by atoms with E-state index in [1.165, 1.54) is 35.2 Å². The number of esters is 1. The van der Waals surface area contributed by atoms with Crippen LogP contribution in [0.1, 0.15) is 62.6 Å². The predicted molar refractivity (Wildman–Crippen MR) is 181 cm³/mol. The van der Waals surface area contributed by atoms with Crippen molar-refractivity contribution in [2.45, 2.75) is 75.0 Å². The largest absolute Gasteiger partial charge is 0.497 e. The highest BCUT2D eigenvalue weighted by molar-refractivity contribution is 5.88. The fourth-order valence-electron chi connectivity index (χ4n) is 7.90. The Bertz CT molecular complexity index is 1760. The fraction of sp³-hybridized carbons (Fsp3) is 0.447. The summed E-state index contributed by atoms with van der Waals surface area (Å²) in [5.41, 5.74) is -4.33. The molecular formula is C38H44N2O10. The summed E-state index contributed by atoms with van der Waals surface area (Å²) in [5, 5.41) is 27.1. The van der Waals surface area contributed by atoms with Gasteiger partial charge in [-0.25, -0.2) is 0 Å². The van der Waals surface area contributed by atoms with E-state index < -0.39 is 58.7 Å². The maximum absolute atomic E-state index is 15.5. The summed E-state index contributed by atoms with van der Waals surface area (Å²) in [6, 6.07) is 19.2. The molecule has 0 aromatic heterocycles. The minimum Gasteiger partial charge on any atom is -0.497 e. The zero-order chi connectivity index (χ0) is 36.0. The van der Waals surface area contributed by atoms with Gasteiger partial charge >= 0.3 is 5.97 Å². The third-order valence-electron chi connectivity index (χ3n) is 10.5. The van der Waals surface area contributed by atoms with Gasteiger partial charge in [-0.1, -0.05) is 49.4 Å². The van der Waals surface area contributed by atoms with Gasteiger partial charge in [-0.2, -0.15) is 0 Å². The molecule has 3 aromatic carbocycles. The molecule has 3 aliphatic rings. The van der Waals surface area contributed by atoms with Crippen LogP contribution in [0.4, 0.5) is 0 Å². The van der Waals surface area contributed by atoms with Crippen molar-refractivity contribution < 1.29 is 48.3 Å². The number of hydrogen-bond acceptors (Lipinski definition) is 10. The van der Waals surface area contributed by atoms with E-state index in [0.717, 1.165) is 0 Å². The van der Waals surface area contributed by atoms with E-state index in [1.807, 2.05) is 30.3 Å². The number of methoxy groups -OCH3 is 3. The summed E-state index contributed by atoms with van der Waals surface area (Å²) in [6.45, 7) is 4.66. The highest BCUT2D eigenvalue weighted by Crippen LogP contribution is 2.69. The number of nitrogens with zero attached hydrogens (tertiary/aromatic N) is 1. The molecule has 3 N–H and O–H groups in total. The zero-order valence-electron chi connectivity index (χ0n) is 29.1. The first-order valence-electron chi connectivity index (χ1n) is 16.8. The minimum absolute atomic E-state index is 0.174. The third kappa shape index (κ3) is 5.41. The number of carbonyl (C=O) groups is 3. The quantitative estimate of drug-likeness (QED) is 0.269. The number of carbonyl (C=O) groups excluding carboxylic acids is 3. The molecule has 2 amide bonds. The lowest BCUT2D eigenvalue weighted by Crippen LogP contribution is -2.59. The van der Waals surface area contributed by atoms with Crippen LogP contribution in [0.15, 0.2) is 66.7 Å². The molecule has 1 saturated heterocycles. The Hall–Kier alpha value is -4.81. The first-order valence-corrected chi connectivity index (χ1v) is 16.8. The molecule has 3 aromatic rings. The Morgan fingerprint density at radius 2 is 1.68 bits per heavy atom. The molecule has 0 spiro atoms. The molecule has 266 valence electrons. The van der Waals surface area contributed by atoms with Crippen LogP contribution in [0.3, 0.4) is 0 Å². The summed E-state index contributed by atoms with van der Waals surface area (Å²) in [6.07, 6.45) is -1.03. The molecular weight excluding hydrogens is 644 g/mol. The highest BCUT2D eigenvalue weighted by atomic mass is 16.6. The lowest BCUT2D eigenvalue weighted by molar-refractivity contribution is -0.194. The SMILES string of the molecule is CC[C@@](C)(O)C(=O)N[C@@H]1CCCN1C(=O)[C@@H]1[C@@H](c2ccccc2)[C@@]2(O)c3c(OC)cc(OC)cc3O[C@]1(c1ccc(OC)cc1)[C@H]2OC(C)=O. The first-order chi connectivity index (χ1) is 23.9.